The van der Waals surface area contributed by atoms with Gasteiger partial charge in [0.05, 0.1) is 23.5 Å². The number of nitrogen functional groups attached to an aromatic ring is 2. The summed E-state index contributed by atoms with van der Waals surface area (Å²) in [6.45, 7) is 0.848. The van der Waals surface area contributed by atoms with E-state index in [0.29, 0.717) is 43.3 Å². The van der Waals surface area contributed by atoms with Crippen molar-refractivity contribution < 1.29 is 22.8 Å². The van der Waals surface area contributed by atoms with Gasteiger partial charge in [0.15, 0.2) is 11.5 Å². The smallest absolute Gasteiger partial charge is 0.269 e. The van der Waals surface area contributed by atoms with Gasteiger partial charge in [-0.2, -0.15) is 13.4 Å². The molecule has 1 aliphatic rings. The zero-order valence-electron chi connectivity index (χ0n) is 21.7. The number of aromatic nitrogens is 2. The zero-order chi connectivity index (χ0) is 28.6. The summed E-state index contributed by atoms with van der Waals surface area (Å²) in [5, 5.41) is 11.1. The fourth-order valence-electron chi connectivity index (χ4n) is 4.14. The lowest BCUT2D eigenvalue weighted by Crippen LogP contribution is -2.25. The number of nitro groups is 1. The maximum Gasteiger partial charge on any atom is 0.269 e. The van der Waals surface area contributed by atoms with Gasteiger partial charge in [-0.05, 0) is 48.4 Å². The Morgan fingerprint density at radius 2 is 1.88 bits per heavy atom. The minimum Gasteiger partial charge on any atom is -0.493 e. The SMILES string of the molecule is COc1ccc(Cc2cnc(N)nc2N)cc1OCCCN(C1=CCC(=S(=O)=O)C=C1)c1ccc([N+](=O)[O-])cc1. The Morgan fingerprint density at radius 1 is 1.10 bits per heavy atom. The largest absolute Gasteiger partial charge is 0.493 e. The molecule has 0 saturated carbocycles. The van der Waals surface area contributed by atoms with Crippen molar-refractivity contribution in [1.82, 2.24) is 9.97 Å². The maximum atomic E-state index is 11.3. The molecule has 2 aromatic carbocycles. The first-order valence-electron chi connectivity index (χ1n) is 12.3. The van der Waals surface area contributed by atoms with E-state index in [1.54, 1.807) is 37.6 Å². The van der Waals surface area contributed by atoms with Gasteiger partial charge in [-0.1, -0.05) is 12.1 Å². The molecule has 0 atom stereocenters. The third kappa shape index (κ3) is 6.94. The molecular weight excluding hydrogens is 536 g/mol. The molecule has 0 amide bonds. The van der Waals surface area contributed by atoms with Crippen LogP contribution in [-0.2, 0) is 16.7 Å². The Hall–Kier alpha value is -4.91. The zero-order valence-corrected chi connectivity index (χ0v) is 22.5. The summed E-state index contributed by atoms with van der Waals surface area (Å²) in [6, 6.07) is 11.8. The Balaban J connectivity index is 1.47. The van der Waals surface area contributed by atoms with Crippen molar-refractivity contribution in [2.24, 2.45) is 0 Å². The summed E-state index contributed by atoms with van der Waals surface area (Å²) in [5.74, 6) is 1.56. The van der Waals surface area contributed by atoms with E-state index >= 15 is 0 Å². The number of nitrogens with two attached hydrogens (primary N) is 2. The highest BCUT2D eigenvalue weighted by Gasteiger charge is 2.16. The summed E-state index contributed by atoms with van der Waals surface area (Å²) in [6.07, 6.45) is 8.01. The first kappa shape index (κ1) is 28.1. The number of ether oxygens (including phenoxy) is 2. The molecule has 0 bridgehead atoms. The molecule has 0 spiro atoms. The van der Waals surface area contributed by atoms with Crippen LogP contribution in [0.1, 0.15) is 24.0 Å². The summed E-state index contributed by atoms with van der Waals surface area (Å²) >= 11 is 0. The quantitative estimate of drug-likeness (QED) is 0.151. The number of rotatable bonds is 11. The first-order chi connectivity index (χ1) is 19.2. The summed E-state index contributed by atoms with van der Waals surface area (Å²) in [4.78, 5) is 20.9. The van der Waals surface area contributed by atoms with Gasteiger partial charge < -0.3 is 25.8 Å². The second-order valence-electron chi connectivity index (χ2n) is 8.80. The highest BCUT2D eigenvalue weighted by Crippen LogP contribution is 2.30. The van der Waals surface area contributed by atoms with Crippen molar-refractivity contribution in [2.45, 2.75) is 19.3 Å². The van der Waals surface area contributed by atoms with E-state index in [4.69, 9.17) is 20.9 Å². The molecule has 1 heterocycles. The molecule has 0 saturated heterocycles. The standard InChI is InChI=1S/C27H28N6O6S/c1-38-24-12-3-18(15-19-17-30-27(29)31-26(19)28)16-25(24)39-14-2-13-32(20-4-6-22(7-5-20)33(34)35)21-8-10-23(11-9-21)40(36)37/h3-10,12,16-17H,2,11,13-15H2,1H3,(H4,28,29,30,31). The molecule has 4 rings (SSSR count). The van der Waals surface area contributed by atoms with Gasteiger partial charge in [0, 0.05) is 54.7 Å². The summed E-state index contributed by atoms with van der Waals surface area (Å²) in [5.41, 5.74) is 14.7. The predicted molar refractivity (Wildman–Crippen MR) is 153 cm³/mol. The monoisotopic (exact) mass is 564 g/mol. The van der Waals surface area contributed by atoms with Crippen LogP contribution in [0.3, 0.4) is 0 Å². The highest BCUT2D eigenvalue weighted by atomic mass is 32.2. The van der Waals surface area contributed by atoms with E-state index < -0.39 is 15.2 Å². The Morgan fingerprint density at radius 3 is 2.50 bits per heavy atom. The van der Waals surface area contributed by atoms with Crippen molar-refractivity contribution in [3.05, 3.63) is 93.8 Å². The van der Waals surface area contributed by atoms with Crippen molar-refractivity contribution in [3.63, 3.8) is 0 Å². The van der Waals surface area contributed by atoms with Gasteiger partial charge in [0.1, 0.15) is 5.82 Å². The van der Waals surface area contributed by atoms with Crippen LogP contribution in [0, 0.1) is 10.1 Å². The van der Waals surface area contributed by atoms with Crippen molar-refractivity contribution in [3.8, 4) is 11.5 Å². The number of anilines is 3. The molecule has 0 aliphatic heterocycles. The lowest BCUT2D eigenvalue weighted by molar-refractivity contribution is -0.384. The number of non-ortho nitro benzene ring substituents is 1. The molecular formula is C27H28N6O6S. The van der Waals surface area contributed by atoms with E-state index in [1.165, 1.54) is 12.1 Å². The number of allylic oxidation sites excluding steroid dienone is 3. The second kappa shape index (κ2) is 12.8. The van der Waals surface area contributed by atoms with Crippen molar-refractivity contribution >= 4 is 38.3 Å². The minimum atomic E-state index is -2.29. The number of benzene rings is 2. The number of nitro benzene ring substituents is 1. The second-order valence-corrected chi connectivity index (χ2v) is 9.79. The molecule has 4 N–H and O–H groups in total. The van der Waals surface area contributed by atoms with Crippen molar-refractivity contribution in [1.29, 1.82) is 0 Å². The average Bonchev–Trinajstić information content (AvgIpc) is 2.95. The van der Waals surface area contributed by atoms with E-state index in [1.807, 2.05) is 29.2 Å². The topological polar surface area (TPSA) is 177 Å². The molecule has 12 nitrogen and oxygen atoms in total. The lowest BCUT2D eigenvalue weighted by atomic mass is 10.1. The first-order valence-corrected chi connectivity index (χ1v) is 13.3. The predicted octanol–water partition coefficient (Wildman–Crippen LogP) is 3.32. The fourth-order valence-corrected chi connectivity index (χ4v) is 4.54. The third-order valence-electron chi connectivity index (χ3n) is 6.17. The summed E-state index contributed by atoms with van der Waals surface area (Å²) < 4.78 is 34.2. The number of methoxy groups -OCH3 is 1. The molecule has 3 aromatic rings. The Bertz CT molecular complexity index is 1590. The van der Waals surface area contributed by atoms with Crippen LogP contribution in [0.25, 0.3) is 0 Å². The maximum absolute atomic E-state index is 11.3. The van der Waals surface area contributed by atoms with Crippen LogP contribution < -0.4 is 25.8 Å². The van der Waals surface area contributed by atoms with Crippen LogP contribution in [0.15, 0.2) is 72.6 Å². The van der Waals surface area contributed by atoms with Crippen LogP contribution in [-0.4, -0.2) is 48.4 Å². The highest BCUT2D eigenvalue weighted by molar-refractivity contribution is 7.73. The van der Waals surface area contributed by atoms with Gasteiger partial charge in [-0.3, -0.25) is 10.1 Å². The normalized spacial score (nSPS) is 12.5. The molecule has 40 heavy (non-hydrogen) atoms. The van der Waals surface area contributed by atoms with Crippen LogP contribution in [0.4, 0.5) is 23.1 Å². The van der Waals surface area contributed by atoms with Gasteiger partial charge in [-0.15, -0.1) is 0 Å². The molecule has 1 aliphatic carbocycles. The van der Waals surface area contributed by atoms with E-state index in [0.717, 1.165) is 22.5 Å². The van der Waals surface area contributed by atoms with E-state index in [2.05, 4.69) is 9.97 Å². The lowest BCUT2D eigenvalue weighted by Gasteiger charge is -2.27. The van der Waals surface area contributed by atoms with E-state index in [-0.39, 0.29) is 22.9 Å². The minimum absolute atomic E-state index is 0.0168. The van der Waals surface area contributed by atoms with Gasteiger partial charge >= 0.3 is 0 Å². The molecule has 208 valence electrons. The van der Waals surface area contributed by atoms with Crippen molar-refractivity contribution in [2.75, 3.05) is 36.6 Å². The van der Waals surface area contributed by atoms with Gasteiger partial charge in [0.25, 0.3) is 5.69 Å². The molecule has 1 aromatic heterocycles. The fraction of sp³-hybridized carbons (Fsp3) is 0.222. The number of hydrogen-bond donors (Lipinski definition) is 2. The van der Waals surface area contributed by atoms with Crippen LogP contribution in [0.5, 0.6) is 11.5 Å². The molecule has 0 fully saturated rings. The Labute approximate surface area is 232 Å². The molecule has 0 unspecified atom stereocenters. The van der Waals surface area contributed by atoms with Gasteiger partial charge in [-0.25, -0.2) is 4.98 Å². The average molecular weight is 565 g/mol. The van der Waals surface area contributed by atoms with Gasteiger partial charge in [0.2, 0.25) is 16.2 Å². The number of hydrogen-bond acceptors (Lipinski definition) is 11. The third-order valence-corrected chi connectivity index (χ3v) is 6.90. The number of nitrogens with zero attached hydrogens (tertiary/aromatic N) is 4. The van der Waals surface area contributed by atoms with Crippen LogP contribution in [0.2, 0.25) is 0 Å². The Kier molecular flexibility index (Phi) is 8.96. The van der Waals surface area contributed by atoms with Crippen LogP contribution >= 0.6 is 0 Å². The molecule has 0 radical (unpaired) electrons. The molecule has 13 heteroatoms. The summed E-state index contributed by atoms with van der Waals surface area (Å²) in [7, 11) is -0.730. The van der Waals surface area contributed by atoms with E-state index in [9.17, 15) is 18.5 Å².